The average molecular weight is 351 g/mol. The second-order valence-corrected chi connectivity index (χ2v) is 6.63. The van der Waals surface area contributed by atoms with E-state index in [9.17, 15) is 0 Å². The highest BCUT2D eigenvalue weighted by Crippen LogP contribution is 2.41. The largest absolute Gasteiger partial charge is 0.313 e. The van der Waals surface area contributed by atoms with Gasteiger partial charge in [0.05, 0.1) is 0 Å². The first-order valence-corrected chi connectivity index (χ1v) is 8.06. The van der Waals surface area contributed by atoms with Gasteiger partial charge in [0.25, 0.3) is 0 Å². The van der Waals surface area contributed by atoms with E-state index < -0.39 is 0 Å². The number of rotatable bonds is 4. The van der Waals surface area contributed by atoms with Crippen LogP contribution in [0, 0.1) is 0 Å². The lowest BCUT2D eigenvalue weighted by Crippen LogP contribution is -2.25. The van der Waals surface area contributed by atoms with Gasteiger partial charge in [0.2, 0.25) is 0 Å². The molecule has 104 valence electrons. The SMILES string of the molecule is CNC(CC1Cc2ccccc21)c1cc(Cl)ccc1Br. The van der Waals surface area contributed by atoms with Gasteiger partial charge >= 0.3 is 0 Å². The van der Waals surface area contributed by atoms with E-state index in [4.69, 9.17) is 11.6 Å². The Labute approximate surface area is 133 Å². The van der Waals surface area contributed by atoms with Crippen LogP contribution in [0.15, 0.2) is 46.9 Å². The summed E-state index contributed by atoms with van der Waals surface area (Å²) < 4.78 is 1.12. The Morgan fingerprint density at radius 2 is 2.10 bits per heavy atom. The third-order valence-corrected chi connectivity index (χ3v) is 5.12. The normalized spacial score (nSPS) is 18.2. The van der Waals surface area contributed by atoms with Crippen LogP contribution in [0.3, 0.4) is 0 Å². The lowest BCUT2D eigenvalue weighted by Gasteiger charge is -2.33. The van der Waals surface area contributed by atoms with Crippen LogP contribution < -0.4 is 5.32 Å². The van der Waals surface area contributed by atoms with Gasteiger partial charge in [-0.2, -0.15) is 0 Å². The zero-order chi connectivity index (χ0) is 14.1. The van der Waals surface area contributed by atoms with Crippen molar-refractivity contribution in [2.24, 2.45) is 0 Å². The first-order valence-electron chi connectivity index (χ1n) is 6.89. The molecule has 1 aliphatic rings. The predicted molar refractivity (Wildman–Crippen MR) is 88.5 cm³/mol. The molecule has 0 saturated heterocycles. The Hall–Kier alpha value is -0.830. The van der Waals surface area contributed by atoms with E-state index in [-0.39, 0.29) is 0 Å². The van der Waals surface area contributed by atoms with E-state index in [1.807, 2.05) is 19.2 Å². The Morgan fingerprint density at radius 1 is 1.30 bits per heavy atom. The minimum Gasteiger partial charge on any atom is -0.313 e. The summed E-state index contributed by atoms with van der Waals surface area (Å²) >= 11 is 9.77. The van der Waals surface area contributed by atoms with Gasteiger partial charge in [-0.25, -0.2) is 0 Å². The summed E-state index contributed by atoms with van der Waals surface area (Å²) in [4.78, 5) is 0. The molecule has 3 rings (SSSR count). The molecule has 2 atom stereocenters. The van der Waals surface area contributed by atoms with Gasteiger partial charge in [0.1, 0.15) is 0 Å². The van der Waals surface area contributed by atoms with Gasteiger partial charge < -0.3 is 5.32 Å². The molecule has 1 aliphatic carbocycles. The van der Waals surface area contributed by atoms with Crippen LogP contribution in [0.1, 0.15) is 35.1 Å². The van der Waals surface area contributed by atoms with Crippen molar-refractivity contribution in [3.05, 3.63) is 68.7 Å². The fraction of sp³-hybridized carbons (Fsp3) is 0.294. The highest BCUT2D eigenvalue weighted by Gasteiger charge is 2.28. The molecule has 0 aromatic heterocycles. The van der Waals surface area contributed by atoms with Crippen molar-refractivity contribution in [3.63, 3.8) is 0 Å². The van der Waals surface area contributed by atoms with Crippen LogP contribution in [-0.2, 0) is 6.42 Å². The van der Waals surface area contributed by atoms with Crippen LogP contribution in [0.4, 0.5) is 0 Å². The molecule has 0 saturated carbocycles. The summed E-state index contributed by atoms with van der Waals surface area (Å²) in [6.45, 7) is 0. The third kappa shape index (κ3) is 2.65. The molecular weight excluding hydrogens is 334 g/mol. The van der Waals surface area contributed by atoms with E-state index in [2.05, 4.69) is 51.6 Å². The van der Waals surface area contributed by atoms with Crippen molar-refractivity contribution in [1.29, 1.82) is 0 Å². The number of fused-ring (bicyclic) bond motifs is 1. The predicted octanol–water partition coefficient (Wildman–Crippen LogP) is 5.09. The quantitative estimate of drug-likeness (QED) is 0.809. The average Bonchev–Trinajstić information content (AvgIpc) is 2.43. The maximum Gasteiger partial charge on any atom is 0.0410 e. The standard InChI is InChI=1S/C17H17BrClN/c1-20-17(15-10-13(19)6-7-16(15)18)9-12-8-11-4-2-3-5-14(11)12/h2-7,10,12,17,20H,8-9H2,1H3. The van der Waals surface area contributed by atoms with Crippen molar-refractivity contribution in [1.82, 2.24) is 5.32 Å². The van der Waals surface area contributed by atoms with Crippen LogP contribution in [0.25, 0.3) is 0 Å². The van der Waals surface area contributed by atoms with Crippen molar-refractivity contribution in [3.8, 4) is 0 Å². The zero-order valence-corrected chi connectivity index (χ0v) is 13.7. The minimum absolute atomic E-state index is 0.321. The molecule has 2 unspecified atom stereocenters. The lowest BCUT2D eigenvalue weighted by molar-refractivity contribution is 0.451. The van der Waals surface area contributed by atoms with Gasteiger partial charge in [-0.15, -0.1) is 0 Å². The molecule has 1 N–H and O–H groups in total. The van der Waals surface area contributed by atoms with E-state index >= 15 is 0 Å². The Balaban J connectivity index is 1.80. The molecule has 0 heterocycles. The van der Waals surface area contributed by atoms with E-state index in [0.29, 0.717) is 12.0 Å². The van der Waals surface area contributed by atoms with Gasteiger partial charge in [-0.3, -0.25) is 0 Å². The summed E-state index contributed by atoms with van der Waals surface area (Å²) in [6.07, 6.45) is 2.29. The molecule has 2 aromatic rings. The zero-order valence-electron chi connectivity index (χ0n) is 11.4. The van der Waals surface area contributed by atoms with Crippen molar-refractivity contribution in [2.45, 2.75) is 24.8 Å². The number of hydrogen-bond acceptors (Lipinski definition) is 1. The number of halogens is 2. The maximum absolute atomic E-state index is 6.13. The van der Waals surface area contributed by atoms with Crippen molar-refractivity contribution < 1.29 is 0 Å². The van der Waals surface area contributed by atoms with Crippen LogP contribution in [-0.4, -0.2) is 7.05 Å². The summed E-state index contributed by atoms with van der Waals surface area (Å²) in [5.41, 5.74) is 4.24. The summed E-state index contributed by atoms with van der Waals surface area (Å²) in [5.74, 6) is 0.648. The monoisotopic (exact) mass is 349 g/mol. The van der Waals surface area contributed by atoms with Gasteiger partial charge in [0, 0.05) is 15.5 Å². The molecule has 0 aliphatic heterocycles. The highest BCUT2D eigenvalue weighted by molar-refractivity contribution is 9.10. The summed E-state index contributed by atoms with van der Waals surface area (Å²) in [6, 6.07) is 15.1. The topological polar surface area (TPSA) is 12.0 Å². The summed E-state index contributed by atoms with van der Waals surface area (Å²) in [5, 5.41) is 4.22. The lowest BCUT2D eigenvalue weighted by atomic mass is 9.74. The fourth-order valence-corrected chi connectivity index (χ4v) is 3.74. The molecule has 2 aromatic carbocycles. The maximum atomic E-state index is 6.13. The highest BCUT2D eigenvalue weighted by atomic mass is 79.9. The third-order valence-electron chi connectivity index (χ3n) is 4.16. The van der Waals surface area contributed by atoms with Crippen LogP contribution in [0.2, 0.25) is 5.02 Å². The second kappa shape index (κ2) is 5.88. The molecule has 20 heavy (non-hydrogen) atoms. The minimum atomic E-state index is 0.321. The van der Waals surface area contributed by atoms with Crippen molar-refractivity contribution in [2.75, 3.05) is 7.05 Å². The van der Waals surface area contributed by atoms with Gasteiger partial charge in [-0.05, 0) is 60.7 Å². The first-order chi connectivity index (χ1) is 9.69. The number of benzene rings is 2. The molecule has 3 heteroatoms. The van der Waals surface area contributed by atoms with Gasteiger partial charge in [0.15, 0.2) is 0 Å². The Bertz CT molecular complexity index is 626. The van der Waals surface area contributed by atoms with E-state index in [1.54, 1.807) is 0 Å². The number of nitrogens with one attached hydrogen (secondary N) is 1. The van der Waals surface area contributed by atoms with E-state index in [1.165, 1.54) is 23.1 Å². The summed E-state index contributed by atoms with van der Waals surface area (Å²) in [7, 11) is 2.02. The molecule has 0 radical (unpaired) electrons. The molecular formula is C17H17BrClN. The smallest absolute Gasteiger partial charge is 0.0410 e. The Morgan fingerprint density at radius 3 is 2.85 bits per heavy atom. The molecule has 1 nitrogen and oxygen atoms in total. The van der Waals surface area contributed by atoms with Gasteiger partial charge in [-0.1, -0.05) is 51.8 Å². The fourth-order valence-electron chi connectivity index (χ4n) is 3.04. The Kier molecular flexibility index (Phi) is 4.16. The van der Waals surface area contributed by atoms with Crippen molar-refractivity contribution >= 4 is 27.5 Å². The van der Waals surface area contributed by atoms with E-state index in [0.717, 1.165) is 15.9 Å². The number of hydrogen-bond donors (Lipinski definition) is 1. The molecule has 0 amide bonds. The first kappa shape index (κ1) is 14.1. The molecule has 0 fully saturated rings. The molecule has 0 bridgehead atoms. The second-order valence-electron chi connectivity index (χ2n) is 5.34. The van der Waals surface area contributed by atoms with Crippen LogP contribution >= 0.6 is 27.5 Å². The molecule has 0 spiro atoms. The van der Waals surface area contributed by atoms with Crippen LogP contribution in [0.5, 0.6) is 0 Å².